The molecule has 20 heavy (non-hydrogen) atoms. The van der Waals surface area contributed by atoms with Gasteiger partial charge in [-0.2, -0.15) is 0 Å². The van der Waals surface area contributed by atoms with Crippen molar-refractivity contribution < 1.29 is 14.7 Å². The molecular weight excluding hydrogens is 276 g/mol. The Kier molecular flexibility index (Phi) is 5.40. The number of amidine groups is 1. The second-order valence-corrected chi connectivity index (χ2v) is 5.98. The number of hydrogen-bond donors (Lipinski definition) is 2. The first kappa shape index (κ1) is 14.8. The van der Waals surface area contributed by atoms with Crippen molar-refractivity contribution in [3.05, 3.63) is 18.2 Å². The number of oxime groups is 1. The zero-order valence-corrected chi connectivity index (χ0v) is 12.4. The zero-order valence-electron chi connectivity index (χ0n) is 11.5. The van der Waals surface area contributed by atoms with Gasteiger partial charge in [0.1, 0.15) is 5.84 Å². The molecule has 2 rings (SSSR count). The van der Waals surface area contributed by atoms with Crippen LogP contribution in [0.4, 0.5) is 0 Å². The second-order valence-electron chi connectivity index (χ2n) is 4.60. The Balaban J connectivity index is 2.07. The van der Waals surface area contributed by atoms with Gasteiger partial charge in [0.25, 0.3) is 0 Å². The van der Waals surface area contributed by atoms with E-state index < -0.39 is 0 Å². The Labute approximate surface area is 123 Å². The van der Waals surface area contributed by atoms with Gasteiger partial charge in [0.2, 0.25) is 0 Å². The summed E-state index contributed by atoms with van der Waals surface area (Å²) in [7, 11) is 0. The Hall–Kier alpha value is -1.56. The summed E-state index contributed by atoms with van der Waals surface area (Å²) in [5.41, 5.74) is 5.58. The molecule has 110 valence electrons. The van der Waals surface area contributed by atoms with Crippen molar-refractivity contribution >= 4 is 17.6 Å². The summed E-state index contributed by atoms with van der Waals surface area (Å²) in [5.74, 6) is 1.86. The quantitative estimate of drug-likeness (QED) is 0.287. The van der Waals surface area contributed by atoms with Gasteiger partial charge in [-0.3, -0.25) is 0 Å². The molecule has 1 unspecified atom stereocenters. The maximum atomic E-state index is 8.65. The van der Waals surface area contributed by atoms with Crippen LogP contribution in [-0.4, -0.2) is 29.5 Å². The van der Waals surface area contributed by atoms with Gasteiger partial charge >= 0.3 is 0 Å². The maximum absolute atomic E-state index is 8.65. The van der Waals surface area contributed by atoms with E-state index in [0.29, 0.717) is 19.6 Å². The molecule has 0 saturated heterocycles. The van der Waals surface area contributed by atoms with Crippen LogP contribution in [0.15, 0.2) is 28.3 Å². The van der Waals surface area contributed by atoms with E-state index >= 15 is 0 Å². The van der Waals surface area contributed by atoms with Gasteiger partial charge in [-0.25, -0.2) is 0 Å². The highest BCUT2D eigenvalue weighted by molar-refractivity contribution is 8.00. The number of ether oxygens (including phenoxy) is 2. The number of thioether (sulfide) groups is 1. The number of nitrogens with two attached hydrogens (primary N) is 1. The molecule has 1 aliphatic heterocycles. The first-order valence-corrected chi connectivity index (χ1v) is 7.63. The van der Waals surface area contributed by atoms with Crippen molar-refractivity contribution in [2.24, 2.45) is 10.9 Å². The monoisotopic (exact) mass is 296 g/mol. The molecule has 5 nitrogen and oxygen atoms in total. The van der Waals surface area contributed by atoms with Crippen LogP contribution in [0.1, 0.15) is 26.2 Å². The summed E-state index contributed by atoms with van der Waals surface area (Å²) in [6, 6.07) is 5.96. The van der Waals surface area contributed by atoms with Crippen molar-refractivity contribution in [1.82, 2.24) is 0 Å². The fourth-order valence-electron chi connectivity index (χ4n) is 1.95. The molecule has 0 bridgehead atoms. The second kappa shape index (κ2) is 7.28. The van der Waals surface area contributed by atoms with E-state index in [1.807, 2.05) is 18.2 Å². The minimum absolute atomic E-state index is 0.263. The SMILES string of the molecule is CCC(C/C(N)=N/O)Sc1ccc2c(c1)OCCCO2. The Morgan fingerprint density at radius 1 is 1.40 bits per heavy atom. The summed E-state index contributed by atoms with van der Waals surface area (Å²) in [6.07, 6.45) is 2.40. The van der Waals surface area contributed by atoms with Gasteiger partial charge in [0.15, 0.2) is 11.5 Å². The Morgan fingerprint density at radius 3 is 2.85 bits per heavy atom. The fourth-order valence-corrected chi connectivity index (χ4v) is 3.08. The molecular formula is C14H20N2O3S. The highest BCUT2D eigenvalue weighted by Gasteiger charge is 2.14. The standard InChI is InChI=1S/C14H20N2O3S/c1-2-10(9-14(15)16-17)20-11-4-5-12-13(8-11)19-7-3-6-18-12/h4-5,8,10,17H,2-3,6-7,9H2,1H3,(H2,15,16). The van der Waals surface area contributed by atoms with Gasteiger partial charge in [-0.1, -0.05) is 12.1 Å². The molecule has 0 spiro atoms. The normalized spacial score (nSPS) is 16.6. The topological polar surface area (TPSA) is 77.1 Å². The first-order valence-electron chi connectivity index (χ1n) is 6.75. The van der Waals surface area contributed by atoms with E-state index in [1.165, 1.54) is 0 Å². The highest BCUT2D eigenvalue weighted by atomic mass is 32.2. The van der Waals surface area contributed by atoms with Crippen LogP contribution in [0, 0.1) is 0 Å². The van der Waals surface area contributed by atoms with E-state index in [4.69, 9.17) is 20.4 Å². The van der Waals surface area contributed by atoms with E-state index in [1.54, 1.807) is 11.8 Å². The number of rotatable bonds is 5. The fraction of sp³-hybridized carbons (Fsp3) is 0.500. The molecule has 0 aromatic heterocycles. The third kappa shape index (κ3) is 3.96. The predicted molar refractivity (Wildman–Crippen MR) is 80.0 cm³/mol. The summed E-state index contributed by atoms with van der Waals surface area (Å²) < 4.78 is 11.3. The Morgan fingerprint density at radius 2 is 2.15 bits per heavy atom. The largest absolute Gasteiger partial charge is 0.490 e. The van der Waals surface area contributed by atoms with Crippen LogP contribution in [0.2, 0.25) is 0 Å². The number of fused-ring (bicyclic) bond motifs is 1. The van der Waals surface area contributed by atoms with Crippen molar-refractivity contribution in [2.45, 2.75) is 36.3 Å². The van der Waals surface area contributed by atoms with Gasteiger partial charge < -0.3 is 20.4 Å². The van der Waals surface area contributed by atoms with E-state index in [2.05, 4.69) is 12.1 Å². The summed E-state index contributed by atoms with van der Waals surface area (Å²) in [5, 5.41) is 12.0. The third-order valence-electron chi connectivity index (χ3n) is 3.04. The van der Waals surface area contributed by atoms with Crippen LogP contribution < -0.4 is 15.2 Å². The van der Waals surface area contributed by atoms with Crippen LogP contribution >= 0.6 is 11.8 Å². The summed E-state index contributed by atoms with van der Waals surface area (Å²) in [4.78, 5) is 1.10. The average Bonchev–Trinajstić information content (AvgIpc) is 2.71. The molecule has 3 N–H and O–H groups in total. The molecule has 0 saturated carbocycles. The minimum atomic E-state index is 0.263. The minimum Gasteiger partial charge on any atom is -0.490 e. The van der Waals surface area contributed by atoms with Gasteiger partial charge in [-0.05, 0) is 24.6 Å². The lowest BCUT2D eigenvalue weighted by Gasteiger charge is -2.15. The number of nitrogens with zero attached hydrogens (tertiary/aromatic N) is 1. The molecule has 6 heteroatoms. The molecule has 0 amide bonds. The van der Waals surface area contributed by atoms with Crippen molar-refractivity contribution in [3.8, 4) is 11.5 Å². The third-order valence-corrected chi connectivity index (χ3v) is 4.40. The number of hydrogen-bond acceptors (Lipinski definition) is 5. The van der Waals surface area contributed by atoms with Gasteiger partial charge in [0.05, 0.1) is 13.2 Å². The van der Waals surface area contributed by atoms with Crippen LogP contribution in [0.25, 0.3) is 0 Å². The van der Waals surface area contributed by atoms with Crippen molar-refractivity contribution in [2.75, 3.05) is 13.2 Å². The van der Waals surface area contributed by atoms with E-state index in [9.17, 15) is 0 Å². The lowest BCUT2D eigenvalue weighted by atomic mass is 10.2. The lowest BCUT2D eigenvalue weighted by Crippen LogP contribution is -2.18. The molecule has 1 heterocycles. The lowest BCUT2D eigenvalue weighted by molar-refractivity contribution is 0.297. The molecule has 0 aliphatic carbocycles. The predicted octanol–water partition coefficient (Wildman–Crippen LogP) is 2.86. The van der Waals surface area contributed by atoms with E-state index in [0.717, 1.165) is 29.2 Å². The molecule has 1 aromatic carbocycles. The van der Waals surface area contributed by atoms with Gasteiger partial charge in [-0.15, -0.1) is 11.8 Å². The maximum Gasteiger partial charge on any atom is 0.162 e. The van der Waals surface area contributed by atoms with Gasteiger partial charge in [0, 0.05) is 23.0 Å². The zero-order chi connectivity index (χ0) is 14.4. The van der Waals surface area contributed by atoms with Crippen LogP contribution in [0.3, 0.4) is 0 Å². The molecule has 1 aromatic rings. The molecule has 0 radical (unpaired) electrons. The smallest absolute Gasteiger partial charge is 0.162 e. The first-order chi connectivity index (χ1) is 9.72. The average molecular weight is 296 g/mol. The summed E-state index contributed by atoms with van der Waals surface area (Å²) >= 11 is 1.70. The molecule has 1 atom stereocenters. The van der Waals surface area contributed by atoms with Crippen molar-refractivity contribution in [1.29, 1.82) is 0 Å². The number of benzene rings is 1. The molecule has 0 fully saturated rings. The highest BCUT2D eigenvalue weighted by Crippen LogP contribution is 2.36. The van der Waals surface area contributed by atoms with E-state index in [-0.39, 0.29) is 11.1 Å². The molecule has 1 aliphatic rings. The van der Waals surface area contributed by atoms with Crippen molar-refractivity contribution in [3.63, 3.8) is 0 Å². The Bertz CT molecular complexity index is 479. The van der Waals surface area contributed by atoms with Crippen LogP contribution in [0.5, 0.6) is 11.5 Å². The summed E-state index contributed by atoms with van der Waals surface area (Å²) in [6.45, 7) is 3.47. The van der Waals surface area contributed by atoms with Crippen LogP contribution in [-0.2, 0) is 0 Å².